The van der Waals surface area contributed by atoms with Crippen LogP contribution in [0.25, 0.3) is 0 Å². The topological polar surface area (TPSA) is 15.3 Å². The number of hydrogen-bond donors (Lipinski definition) is 1. The van der Waals surface area contributed by atoms with Crippen LogP contribution in [-0.2, 0) is 0 Å². The second kappa shape index (κ2) is 8.34. The van der Waals surface area contributed by atoms with Crippen LogP contribution in [0.1, 0.15) is 24.4 Å². The van der Waals surface area contributed by atoms with Crippen LogP contribution in [0, 0.1) is 5.82 Å². The molecule has 1 atom stereocenters. The van der Waals surface area contributed by atoms with Gasteiger partial charge >= 0.3 is 6.18 Å². The van der Waals surface area contributed by atoms with Crippen molar-refractivity contribution in [2.45, 2.75) is 25.1 Å². The van der Waals surface area contributed by atoms with Crippen LogP contribution >= 0.6 is 24.0 Å². The average molecular weight is 361 g/mol. The van der Waals surface area contributed by atoms with E-state index in [1.807, 2.05) is 4.90 Å². The molecule has 1 N–H and O–H groups in total. The first kappa shape index (κ1) is 19.5. The fourth-order valence-electron chi connectivity index (χ4n) is 2.63. The predicted octanol–water partition coefficient (Wildman–Crippen LogP) is 4.19. The van der Waals surface area contributed by atoms with Crippen molar-refractivity contribution in [2.24, 2.45) is 0 Å². The molecular weight excluding hydrogens is 343 g/mol. The van der Waals surface area contributed by atoms with Gasteiger partial charge in [0.25, 0.3) is 0 Å². The third-order valence-electron chi connectivity index (χ3n) is 3.63. The summed E-state index contributed by atoms with van der Waals surface area (Å²) in [6.07, 6.45) is -5.40. The van der Waals surface area contributed by atoms with Gasteiger partial charge < -0.3 is 5.32 Å². The van der Waals surface area contributed by atoms with Gasteiger partial charge in [0.05, 0.1) is 0 Å². The minimum Gasteiger partial charge on any atom is -0.314 e. The number of hydrogen-bond acceptors (Lipinski definition) is 2. The summed E-state index contributed by atoms with van der Waals surface area (Å²) in [6, 6.07) is 3.56. The van der Waals surface area contributed by atoms with Crippen molar-refractivity contribution in [2.75, 3.05) is 26.2 Å². The van der Waals surface area contributed by atoms with Crippen LogP contribution in [0.4, 0.5) is 17.6 Å². The molecule has 1 fully saturated rings. The highest BCUT2D eigenvalue weighted by atomic mass is 35.5. The molecule has 2 nitrogen and oxygen atoms in total. The van der Waals surface area contributed by atoms with Gasteiger partial charge in [0.1, 0.15) is 5.82 Å². The summed E-state index contributed by atoms with van der Waals surface area (Å²) in [5.41, 5.74) is 0.172. The third-order valence-corrected chi connectivity index (χ3v) is 3.96. The largest absolute Gasteiger partial charge is 0.389 e. The molecule has 2 rings (SSSR count). The summed E-state index contributed by atoms with van der Waals surface area (Å²) in [4.78, 5) is 1.87. The Bertz CT molecular complexity index is 456. The number of benzene rings is 1. The molecule has 0 spiro atoms. The molecular formula is C14H18Cl2F4N2. The molecule has 126 valence electrons. The molecule has 1 aromatic rings. The van der Waals surface area contributed by atoms with E-state index < -0.39 is 24.5 Å². The van der Waals surface area contributed by atoms with Gasteiger partial charge in [-0.25, -0.2) is 4.39 Å². The van der Waals surface area contributed by atoms with Gasteiger partial charge in [0, 0.05) is 49.2 Å². The smallest absolute Gasteiger partial charge is 0.314 e. The summed E-state index contributed by atoms with van der Waals surface area (Å²) < 4.78 is 51.7. The molecule has 0 amide bonds. The van der Waals surface area contributed by atoms with Crippen LogP contribution in [0.3, 0.4) is 0 Å². The highest BCUT2D eigenvalue weighted by Crippen LogP contribution is 2.36. The van der Waals surface area contributed by atoms with Crippen molar-refractivity contribution in [1.82, 2.24) is 10.2 Å². The Morgan fingerprint density at radius 2 is 1.86 bits per heavy atom. The molecule has 22 heavy (non-hydrogen) atoms. The summed E-state index contributed by atoms with van der Waals surface area (Å²) in [5, 5.41) is 3.31. The number of nitrogens with one attached hydrogen (secondary N) is 1. The van der Waals surface area contributed by atoms with Gasteiger partial charge in [0.2, 0.25) is 0 Å². The Balaban J connectivity index is 0.00000242. The normalized spacial score (nSPS) is 17.9. The first-order valence-electron chi connectivity index (χ1n) is 6.84. The van der Waals surface area contributed by atoms with Gasteiger partial charge in [-0.05, 0) is 18.6 Å². The van der Waals surface area contributed by atoms with E-state index in [2.05, 4.69) is 5.32 Å². The van der Waals surface area contributed by atoms with E-state index in [0.29, 0.717) is 26.2 Å². The molecule has 8 heteroatoms. The lowest BCUT2D eigenvalue weighted by atomic mass is 9.98. The molecule has 0 aliphatic carbocycles. The van der Waals surface area contributed by atoms with Crippen molar-refractivity contribution in [3.8, 4) is 0 Å². The lowest BCUT2D eigenvalue weighted by molar-refractivity contribution is -0.138. The highest BCUT2D eigenvalue weighted by molar-refractivity contribution is 6.31. The van der Waals surface area contributed by atoms with E-state index in [-0.39, 0.29) is 29.4 Å². The number of alkyl halides is 3. The van der Waals surface area contributed by atoms with Gasteiger partial charge in [0.15, 0.2) is 0 Å². The Hall–Kier alpha value is -0.560. The molecule has 0 bridgehead atoms. The van der Waals surface area contributed by atoms with Crippen LogP contribution in [0.5, 0.6) is 0 Å². The Kier molecular flexibility index (Phi) is 7.38. The van der Waals surface area contributed by atoms with Gasteiger partial charge in [-0.1, -0.05) is 17.7 Å². The monoisotopic (exact) mass is 360 g/mol. The molecule has 1 aliphatic heterocycles. The fourth-order valence-corrected chi connectivity index (χ4v) is 2.92. The van der Waals surface area contributed by atoms with Crippen LogP contribution in [-0.4, -0.2) is 37.3 Å². The molecule has 0 radical (unpaired) electrons. The number of nitrogens with zero attached hydrogens (tertiary/aromatic N) is 1. The zero-order valence-electron chi connectivity index (χ0n) is 11.8. The summed E-state index contributed by atoms with van der Waals surface area (Å²) in [7, 11) is 0. The van der Waals surface area contributed by atoms with Crippen LogP contribution < -0.4 is 5.32 Å². The minimum atomic E-state index is -4.26. The number of halogens is 6. The molecule has 1 aliphatic rings. The molecule has 1 heterocycles. The zero-order valence-corrected chi connectivity index (χ0v) is 13.4. The molecule has 1 aromatic carbocycles. The van der Waals surface area contributed by atoms with Crippen molar-refractivity contribution in [3.63, 3.8) is 0 Å². The first-order valence-corrected chi connectivity index (χ1v) is 7.22. The number of rotatable bonds is 4. The SMILES string of the molecule is Cl.Fc1cccc(Cl)c1[C@H](CCC(F)(F)F)N1CCNCC1. The van der Waals surface area contributed by atoms with Crippen molar-refractivity contribution >= 4 is 24.0 Å². The maximum atomic E-state index is 14.1. The second-order valence-corrected chi connectivity index (χ2v) is 5.50. The van der Waals surface area contributed by atoms with Gasteiger partial charge in [-0.3, -0.25) is 4.90 Å². The standard InChI is InChI=1S/C14H17ClF4N2.ClH/c15-10-2-1-3-11(16)13(10)12(4-5-14(17,18)19)21-8-6-20-7-9-21;/h1-3,12,20H,4-9H2;1H/t12-;/m0./s1. The Morgan fingerprint density at radius 3 is 2.41 bits per heavy atom. The zero-order chi connectivity index (χ0) is 15.5. The van der Waals surface area contributed by atoms with Crippen LogP contribution in [0.15, 0.2) is 18.2 Å². The van der Waals surface area contributed by atoms with Crippen molar-refractivity contribution in [1.29, 1.82) is 0 Å². The molecule has 1 saturated heterocycles. The summed E-state index contributed by atoms with van der Waals surface area (Å²) >= 11 is 6.03. The van der Waals surface area contributed by atoms with Gasteiger partial charge in [-0.15, -0.1) is 12.4 Å². The van der Waals surface area contributed by atoms with E-state index in [1.54, 1.807) is 0 Å². The maximum Gasteiger partial charge on any atom is 0.389 e. The van der Waals surface area contributed by atoms with Gasteiger partial charge in [-0.2, -0.15) is 13.2 Å². The lowest BCUT2D eigenvalue weighted by Gasteiger charge is -2.36. The second-order valence-electron chi connectivity index (χ2n) is 5.09. The lowest BCUT2D eigenvalue weighted by Crippen LogP contribution is -2.45. The fraction of sp³-hybridized carbons (Fsp3) is 0.571. The Labute approximate surface area is 138 Å². The molecule has 0 unspecified atom stereocenters. The molecule has 0 saturated carbocycles. The van der Waals surface area contributed by atoms with E-state index in [9.17, 15) is 17.6 Å². The first-order chi connectivity index (χ1) is 9.88. The predicted molar refractivity (Wildman–Crippen MR) is 81.1 cm³/mol. The molecule has 0 aromatic heterocycles. The van der Waals surface area contributed by atoms with E-state index in [1.165, 1.54) is 18.2 Å². The maximum absolute atomic E-state index is 14.1. The van der Waals surface area contributed by atoms with E-state index in [4.69, 9.17) is 11.6 Å². The van der Waals surface area contributed by atoms with Crippen molar-refractivity contribution in [3.05, 3.63) is 34.6 Å². The summed E-state index contributed by atoms with van der Waals surface area (Å²) in [5.74, 6) is -0.548. The quantitative estimate of drug-likeness (QED) is 0.809. The van der Waals surface area contributed by atoms with E-state index in [0.717, 1.165) is 0 Å². The number of piperazine rings is 1. The van der Waals surface area contributed by atoms with Crippen LogP contribution in [0.2, 0.25) is 5.02 Å². The Morgan fingerprint density at radius 1 is 1.23 bits per heavy atom. The average Bonchev–Trinajstić information content (AvgIpc) is 2.42. The summed E-state index contributed by atoms with van der Waals surface area (Å²) in [6.45, 7) is 2.50. The van der Waals surface area contributed by atoms with E-state index >= 15 is 0 Å². The highest BCUT2D eigenvalue weighted by Gasteiger charge is 2.33. The minimum absolute atomic E-state index is 0. The van der Waals surface area contributed by atoms with Crippen molar-refractivity contribution < 1.29 is 17.6 Å². The third kappa shape index (κ3) is 5.26.